The molecule has 0 aliphatic heterocycles. The number of hydrogen-bond acceptors (Lipinski definition) is 4. The molecule has 0 radical (unpaired) electrons. The second-order valence-electron chi connectivity index (χ2n) is 5.09. The zero-order valence-electron chi connectivity index (χ0n) is 11.7. The fourth-order valence-corrected chi connectivity index (χ4v) is 2.85. The molecule has 23 heavy (non-hydrogen) atoms. The molecule has 0 saturated carbocycles. The quantitative estimate of drug-likeness (QED) is 0.375. The summed E-state index contributed by atoms with van der Waals surface area (Å²) in [4.78, 5) is 14.6. The third kappa shape index (κ3) is 2.22. The number of aromatic nitrogens is 1. The second kappa shape index (κ2) is 5.07. The molecule has 0 amide bonds. The summed E-state index contributed by atoms with van der Waals surface area (Å²) in [7, 11) is 0. The van der Waals surface area contributed by atoms with Crippen LogP contribution in [0.2, 0.25) is 5.02 Å². The van der Waals surface area contributed by atoms with Crippen LogP contribution in [0, 0.1) is 10.1 Å². The van der Waals surface area contributed by atoms with E-state index in [0.29, 0.717) is 21.9 Å². The van der Waals surface area contributed by atoms with Crippen LogP contribution in [0.3, 0.4) is 0 Å². The number of hydrogen-bond donors (Lipinski definition) is 0. The molecule has 0 saturated heterocycles. The minimum Gasteiger partial charge on any atom is -0.454 e. The highest BCUT2D eigenvalue weighted by molar-refractivity contribution is 6.37. The average Bonchev–Trinajstić information content (AvgIpc) is 2.99. The van der Waals surface area contributed by atoms with E-state index in [2.05, 4.69) is 4.98 Å². The molecule has 6 heteroatoms. The van der Waals surface area contributed by atoms with Crippen molar-refractivity contribution in [1.82, 2.24) is 4.98 Å². The van der Waals surface area contributed by atoms with Gasteiger partial charge in [-0.1, -0.05) is 11.6 Å². The van der Waals surface area contributed by atoms with E-state index in [1.54, 1.807) is 18.3 Å². The number of non-ortho nitro benzene ring substituents is 1. The molecule has 2 aromatic carbocycles. The SMILES string of the molecule is O=[N+]([O-])c1ccc(-c2cc3cc(Cl)c4cccnc4c3o2)cc1. The lowest BCUT2D eigenvalue weighted by molar-refractivity contribution is -0.384. The summed E-state index contributed by atoms with van der Waals surface area (Å²) in [6, 6.07) is 13.6. The summed E-state index contributed by atoms with van der Waals surface area (Å²) in [5.74, 6) is 0.615. The maximum atomic E-state index is 10.7. The van der Waals surface area contributed by atoms with Gasteiger partial charge < -0.3 is 4.42 Å². The minimum atomic E-state index is -0.431. The molecule has 112 valence electrons. The summed E-state index contributed by atoms with van der Waals surface area (Å²) in [6.07, 6.45) is 1.69. The first kappa shape index (κ1) is 13.7. The second-order valence-corrected chi connectivity index (χ2v) is 5.50. The largest absolute Gasteiger partial charge is 0.454 e. The Kier molecular flexibility index (Phi) is 3.02. The van der Waals surface area contributed by atoms with Gasteiger partial charge in [-0.3, -0.25) is 15.1 Å². The molecule has 5 nitrogen and oxygen atoms in total. The number of benzene rings is 2. The van der Waals surface area contributed by atoms with Crippen LogP contribution in [0.15, 0.2) is 59.1 Å². The molecule has 2 aromatic heterocycles. The predicted molar refractivity (Wildman–Crippen MR) is 88.6 cm³/mol. The topological polar surface area (TPSA) is 69.2 Å². The summed E-state index contributed by atoms with van der Waals surface area (Å²) < 4.78 is 5.93. The average molecular weight is 325 g/mol. The normalized spacial score (nSPS) is 11.2. The summed E-state index contributed by atoms with van der Waals surface area (Å²) in [6.45, 7) is 0. The number of nitro benzene ring substituents is 1. The molecule has 0 atom stereocenters. The fraction of sp³-hybridized carbons (Fsp3) is 0. The number of nitrogens with zero attached hydrogens (tertiary/aromatic N) is 2. The van der Waals surface area contributed by atoms with Gasteiger partial charge in [-0.2, -0.15) is 0 Å². The van der Waals surface area contributed by atoms with E-state index in [1.807, 2.05) is 24.3 Å². The Hall–Kier alpha value is -2.92. The van der Waals surface area contributed by atoms with E-state index < -0.39 is 4.92 Å². The van der Waals surface area contributed by atoms with Gasteiger partial charge in [-0.05, 0) is 36.4 Å². The Balaban J connectivity index is 1.92. The fourth-order valence-electron chi connectivity index (χ4n) is 2.58. The van der Waals surface area contributed by atoms with E-state index in [4.69, 9.17) is 16.0 Å². The predicted octanol–water partition coefficient (Wildman–Crippen LogP) is 5.21. The molecule has 4 rings (SSSR count). The van der Waals surface area contributed by atoms with Gasteiger partial charge in [0.15, 0.2) is 5.58 Å². The number of halogens is 1. The Bertz CT molecular complexity index is 1050. The molecule has 0 spiro atoms. The van der Waals surface area contributed by atoms with Crippen LogP contribution >= 0.6 is 11.6 Å². The van der Waals surface area contributed by atoms with Crippen LogP contribution in [0.1, 0.15) is 0 Å². The molecule has 0 unspecified atom stereocenters. The van der Waals surface area contributed by atoms with E-state index in [0.717, 1.165) is 16.3 Å². The molecule has 0 N–H and O–H groups in total. The summed E-state index contributed by atoms with van der Waals surface area (Å²) in [5, 5.41) is 13.0. The molecule has 2 heterocycles. The first-order chi connectivity index (χ1) is 11.1. The highest BCUT2D eigenvalue weighted by Gasteiger charge is 2.13. The lowest BCUT2D eigenvalue weighted by Crippen LogP contribution is -1.86. The first-order valence-electron chi connectivity index (χ1n) is 6.85. The van der Waals surface area contributed by atoms with Gasteiger partial charge in [-0.15, -0.1) is 0 Å². The van der Waals surface area contributed by atoms with Crippen LogP contribution in [-0.4, -0.2) is 9.91 Å². The van der Waals surface area contributed by atoms with Crippen molar-refractivity contribution >= 4 is 39.2 Å². The van der Waals surface area contributed by atoms with Gasteiger partial charge in [0.05, 0.1) is 9.95 Å². The number of nitro groups is 1. The molecule has 0 aliphatic rings. The van der Waals surface area contributed by atoms with Gasteiger partial charge in [0.1, 0.15) is 11.3 Å². The molecule has 4 aromatic rings. The van der Waals surface area contributed by atoms with Gasteiger partial charge in [0.2, 0.25) is 0 Å². The summed E-state index contributed by atoms with van der Waals surface area (Å²) in [5.41, 5.74) is 2.15. The zero-order valence-corrected chi connectivity index (χ0v) is 12.4. The van der Waals surface area contributed by atoms with Crippen molar-refractivity contribution < 1.29 is 9.34 Å². The van der Waals surface area contributed by atoms with Crippen LogP contribution in [-0.2, 0) is 0 Å². The summed E-state index contributed by atoms with van der Waals surface area (Å²) >= 11 is 6.29. The molecule has 0 bridgehead atoms. The van der Waals surface area contributed by atoms with Crippen molar-refractivity contribution in [3.05, 3.63) is 69.9 Å². The van der Waals surface area contributed by atoms with Crippen molar-refractivity contribution in [1.29, 1.82) is 0 Å². The van der Waals surface area contributed by atoms with Gasteiger partial charge in [0, 0.05) is 34.7 Å². The minimum absolute atomic E-state index is 0.0417. The van der Waals surface area contributed by atoms with Gasteiger partial charge in [0.25, 0.3) is 5.69 Å². The number of rotatable bonds is 2. The molecule has 0 fully saturated rings. The maximum Gasteiger partial charge on any atom is 0.269 e. The Morgan fingerprint density at radius 3 is 2.65 bits per heavy atom. The standard InChI is InChI=1S/C17H9ClN2O3/c18-14-8-11-9-15(10-3-5-12(6-4-10)20(21)22)23-17(11)16-13(14)2-1-7-19-16/h1-9H. The van der Waals surface area contributed by atoms with E-state index in [-0.39, 0.29) is 5.69 Å². The van der Waals surface area contributed by atoms with Crippen molar-refractivity contribution in [3.8, 4) is 11.3 Å². The lowest BCUT2D eigenvalue weighted by atomic mass is 10.1. The van der Waals surface area contributed by atoms with E-state index in [9.17, 15) is 10.1 Å². The van der Waals surface area contributed by atoms with Crippen molar-refractivity contribution in [2.75, 3.05) is 0 Å². The smallest absolute Gasteiger partial charge is 0.269 e. The molecular weight excluding hydrogens is 316 g/mol. The van der Waals surface area contributed by atoms with Crippen LogP contribution < -0.4 is 0 Å². The molecule has 0 aliphatic carbocycles. The van der Waals surface area contributed by atoms with Crippen LogP contribution in [0.5, 0.6) is 0 Å². The van der Waals surface area contributed by atoms with Crippen LogP contribution in [0.4, 0.5) is 5.69 Å². The van der Waals surface area contributed by atoms with Crippen molar-refractivity contribution in [2.45, 2.75) is 0 Å². The Morgan fingerprint density at radius 1 is 1.13 bits per heavy atom. The third-order valence-corrected chi connectivity index (χ3v) is 4.00. The van der Waals surface area contributed by atoms with Gasteiger partial charge in [-0.25, -0.2) is 0 Å². The maximum absolute atomic E-state index is 10.7. The number of furan rings is 1. The Morgan fingerprint density at radius 2 is 1.91 bits per heavy atom. The molecular formula is C17H9ClN2O3. The van der Waals surface area contributed by atoms with Crippen molar-refractivity contribution in [3.63, 3.8) is 0 Å². The zero-order chi connectivity index (χ0) is 16.0. The number of pyridine rings is 1. The van der Waals surface area contributed by atoms with Gasteiger partial charge >= 0.3 is 0 Å². The highest BCUT2D eigenvalue weighted by Crippen LogP contribution is 2.35. The monoisotopic (exact) mass is 324 g/mol. The number of fused-ring (bicyclic) bond motifs is 3. The lowest BCUT2D eigenvalue weighted by Gasteiger charge is -1.99. The van der Waals surface area contributed by atoms with Crippen LogP contribution in [0.25, 0.3) is 33.2 Å². The third-order valence-electron chi connectivity index (χ3n) is 3.69. The van der Waals surface area contributed by atoms with E-state index >= 15 is 0 Å². The Labute approximate surface area is 135 Å². The van der Waals surface area contributed by atoms with E-state index in [1.165, 1.54) is 12.1 Å². The highest BCUT2D eigenvalue weighted by atomic mass is 35.5. The first-order valence-corrected chi connectivity index (χ1v) is 7.23. The van der Waals surface area contributed by atoms with Crippen molar-refractivity contribution in [2.24, 2.45) is 0 Å².